The summed E-state index contributed by atoms with van der Waals surface area (Å²) in [4.78, 5) is 12.1. The first-order chi connectivity index (χ1) is 9.61. The lowest BCUT2D eigenvalue weighted by atomic mass is 10.1. The molecule has 2 rings (SSSR count). The fourth-order valence-electron chi connectivity index (χ4n) is 1.79. The van der Waals surface area contributed by atoms with E-state index in [-0.39, 0.29) is 11.6 Å². The van der Waals surface area contributed by atoms with E-state index >= 15 is 0 Å². The molecule has 1 atom stereocenters. The lowest BCUT2D eigenvalue weighted by molar-refractivity contribution is 0.0917. The summed E-state index contributed by atoms with van der Waals surface area (Å²) in [5, 5.41) is 14.5. The molecule has 0 radical (unpaired) electrons. The van der Waals surface area contributed by atoms with Crippen LogP contribution in [0.5, 0.6) is 0 Å². The van der Waals surface area contributed by atoms with Crippen LogP contribution in [0.15, 0.2) is 52.0 Å². The van der Waals surface area contributed by atoms with Crippen molar-refractivity contribution in [1.82, 2.24) is 5.32 Å². The summed E-state index contributed by atoms with van der Waals surface area (Å²) in [5.41, 5.74) is 6.34. The molecule has 0 fully saturated rings. The molecule has 0 bridgehead atoms. The van der Waals surface area contributed by atoms with Crippen molar-refractivity contribution in [1.29, 1.82) is 0 Å². The highest BCUT2D eigenvalue weighted by Gasteiger charge is 2.21. The van der Waals surface area contributed by atoms with Gasteiger partial charge >= 0.3 is 0 Å². The molecular formula is C14H15N3O3. The van der Waals surface area contributed by atoms with Crippen LogP contribution in [0.2, 0.25) is 0 Å². The zero-order valence-electron chi connectivity index (χ0n) is 10.9. The van der Waals surface area contributed by atoms with E-state index < -0.39 is 11.9 Å². The topological polar surface area (TPSA) is 101 Å². The molecule has 20 heavy (non-hydrogen) atoms. The van der Waals surface area contributed by atoms with Gasteiger partial charge in [-0.1, -0.05) is 35.5 Å². The van der Waals surface area contributed by atoms with Gasteiger partial charge in [0, 0.05) is 0 Å². The highest BCUT2D eigenvalue weighted by Crippen LogP contribution is 2.14. The van der Waals surface area contributed by atoms with Gasteiger partial charge < -0.3 is 20.7 Å². The number of carbonyl (C=O) groups excluding carboxylic acids is 1. The smallest absolute Gasteiger partial charge is 0.287 e. The predicted octanol–water partition coefficient (Wildman–Crippen LogP) is 1.81. The summed E-state index contributed by atoms with van der Waals surface area (Å²) in [7, 11) is 0. The van der Waals surface area contributed by atoms with Gasteiger partial charge in [0.1, 0.15) is 11.8 Å². The summed E-state index contributed by atoms with van der Waals surface area (Å²) in [5.74, 6) is 0.274. The number of nitrogens with zero attached hydrogens (tertiary/aromatic N) is 1. The Balaban J connectivity index is 2.23. The van der Waals surface area contributed by atoms with Crippen molar-refractivity contribution in [3.63, 3.8) is 0 Å². The van der Waals surface area contributed by atoms with E-state index in [9.17, 15) is 4.79 Å². The average Bonchev–Trinajstić information content (AvgIpc) is 2.91. The molecule has 1 aromatic heterocycles. The number of aryl methyl sites for hydroxylation is 1. The lowest BCUT2D eigenvalue weighted by Crippen LogP contribution is -2.37. The van der Waals surface area contributed by atoms with E-state index in [1.165, 1.54) is 0 Å². The molecule has 0 saturated heterocycles. The van der Waals surface area contributed by atoms with Gasteiger partial charge in [-0.3, -0.25) is 4.79 Å². The lowest BCUT2D eigenvalue weighted by Gasteiger charge is -2.17. The highest BCUT2D eigenvalue weighted by atomic mass is 16.4. The fourth-order valence-corrected chi connectivity index (χ4v) is 1.79. The molecule has 0 aliphatic heterocycles. The van der Waals surface area contributed by atoms with Crippen molar-refractivity contribution >= 4 is 11.7 Å². The Morgan fingerprint density at radius 1 is 1.30 bits per heavy atom. The van der Waals surface area contributed by atoms with Gasteiger partial charge in [0.15, 0.2) is 11.6 Å². The summed E-state index contributed by atoms with van der Waals surface area (Å²) in [6.45, 7) is 1.75. The third-order valence-electron chi connectivity index (χ3n) is 2.78. The largest absolute Gasteiger partial charge is 0.456 e. The number of hydrogen-bond donors (Lipinski definition) is 3. The maximum Gasteiger partial charge on any atom is 0.287 e. The van der Waals surface area contributed by atoms with Crippen molar-refractivity contribution in [2.75, 3.05) is 0 Å². The van der Waals surface area contributed by atoms with Gasteiger partial charge in [0.05, 0.1) is 0 Å². The molecule has 2 aromatic rings. The van der Waals surface area contributed by atoms with Crippen LogP contribution in [0.25, 0.3) is 0 Å². The molecule has 104 valence electrons. The number of rotatable bonds is 4. The number of hydrogen-bond acceptors (Lipinski definition) is 4. The van der Waals surface area contributed by atoms with Gasteiger partial charge in [0.25, 0.3) is 5.91 Å². The SMILES string of the molecule is Cc1ccc(C(=O)NC(/C(N)=N/O)c2ccccc2)o1. The molecule has 0 saturated carbocycles. The van der Waals surface area contributed by atoms with Crippen LogP contribution >= 0.6 is 0 Å². The van der Waals surface area contributed by atoms with Gasteiger partial charge in [-0.2, -0.15) is 0 Å². The third-order valence-corrected chi connectivity index (χ3v) is 2.78. The first-order valence-corrected chi connectivity index (χ1v) is 6.01. The number of amides is 1. The minimum absolute atomic E-state index is 0.104. The summed E-state index contributed by atoms with van der Waals surface area (Å²) < 4.78 is 5.24. The van der Waals surface area contributed by atoms with E-state index in [0.29, 0.717) is 11.3 Å². The monoisotopic (exact) mass is 273 g/mol. The molecule has 1 unspecified atom stereocenters. The Morgan fingerprint density at radius 3 is 2.55 bits per heavy atom. The molecule has 1 aromatic carbocycles. The van der Waals surface area contributed by atoms with Crippen molar-refractivity contribution in [2.45, 2.75) is 13.0 Å². The van der Waals surface area contributed by atoms with E-state index in [2.05, 4.69) is 10.5 Å². The van der Waals surface area contributed by atoms with Crippen molar-refractivity contribution in [3.05, 3.63) is 59.5 Å². The van der Waals surface area contributed by atoms with Crippen molar-refractivity contribution < 1.29 is 14.4 Å². The van der Waals surface area contributed by atoms with E-state index in [0.717, 1.165) is 0 Å². The Kier molecular flexibility index (Phi) is 4.05. The molecule has 1 amide bonds. The van der Waals surface area contributed by atoms with Gasteiger partial charge in [-0.15, -0.1) is 0 Å². The third kappa shape index (κ3) is 2.97. The first kappa shape index (κ1) is 13.7. The number of furan rings is 1. The second kappa shape index (κ2) is 5.92. The number of carbonyl (C=O) groups is 1. The number of benzene rings is 1. The number of oxime groups is 1. The van der Waals surface area contributed by atoms with Gasteiger partial charge in [-0.05, 0) is 24.6 Å². The average molecular weight is 273 g/mol. The van der Waals surface area contributed by atoms with Crippen LogP contribution in [-0.2, 0) is 0 Å². The number of nitrogens with one attached hydrogen (secondary N) is 1. The molecule has 0 aliphatic rings. The number of nitrogens with two attached hydrogens (primary N) is 1. The minimum atomic E-state index is -0.723. The summed E-state index contributed by atoms with van der Waals surface area (Å²) in [6.07, 6.45) is 0. The maximum absolute atomic E-state index is 12.1. The highest BCUT2D eigenvalue weighted by molar-refractivity contribution is 5.96. The second-order valence-corrected chi connectivity index (χ2v) is 4.25. The Morgan fingerprint density at radius 2 is 2.00 bits per heavy atom. The van der Waals surface area contributed by atoms with Crippen molar-refractivity contribution in [3.8, 4) is 0 Å². The summed E-state index contributed by atoms with van der Waals surface area (Å²) in [6, 6.07) is 11.5. The molecule has 0 aliphatic carbocycles. The molecule has 0 spiro atoms. The summed E-state index contributed by atoms with van der Waals surface area (Å²) >= 11 is 0. The molecular weight excluding hydrogens is 258 g/mol. The van der Waals surface area contributed by atoms with Crippen LogP contribution in [-0.4, -0.2) is 17.0 Å². The van der Waals surface area contributed by atoms with E-state index in [1.54, 1.807) is 43.3 Å². The van der Waals surface area contributed by atoms with Crippen LogP contribution in [0.1, 0.15) is 27.9 Å². The van der Waals surface area contributed by atoms with Crippen molar-refractivity contribution in [2.24, 2.45) is 10.9 Å². The van der Waals surface area contributed by atoms with Gasteiger partial charge in [-0.25, -0.2) is 0 Å². The molecule has 6 nitrogen and oxygen atoms in total. The minimum Gasteiger partial charge on any atom is -0.456 e. The zero-order chi connectivity index (χ0) is 14.5. The Labute approximate surface area is 115 Å². The second-order valence-electron chi connectivity index (χ2n) is 4.25. The molecule has 1 heterocycles. The Hall–Kier alpha value is -2.76. The van der Waals surface area contributed by atoms with Crippen LogP contribution in [0.4, 0.5) is 0 Å². The maximum atomic E-state index is 12.1. The van der Waals surface area contributed by atoms with Crippen LogP contribution in [0.3, 0.4) is 0 Å². The predicted molar refractivity (Wildman–Crippen MR) is 73.5 cm³/mol. The van der Waals surface area contributed by atoms with E-state index in [4.69, 9.17) is 15.4 Å². The number of amidine groups is 1. The molecule has 4 N–H and O–H groups in total. The van der Waals surface area contributed by atoms with Crippen LogP contribution in [0, 0.1) is 6.92 Å². The molecule has 6 heteroatoms. The van der Waals surface area contributed by atoms with Gasteiger partial charge in [0.2, 0.25) is 0 Å². The fraction of sp³-hybridized carbons (Fsp3) is 0.143. The standard InChI is InChI=1S/C14H15N3O3/c1-9-7-8-11(20-9)14(18)16-12(13(15)17-19)10-5-3-2-4-6-10/h2-8,12,19H,1H3,(H2,15,17)(H,16,18). The zero-order valence-corrected chi connectivity index (χ0v) is 10.9. The Bertz CT molecular complexity index is 620. The normalized spacial score (nSPS) is 12.9. The first-order valence-electron chi connectivity index (χ1n) is 6.01. The van der Waals surface area contributed by atoms with Crippen LogP contribution < -0.4 is 11.1 Å². The quantitative estimate of drug-likeness (QED) is 0.342. The van der Waals surface area contributed by atoms with E-state index in [1.807, 2.05) is 6.07 Å².